The van der Waals surface area contributed by atoms with E-state index >= 15 is 0 Å². The monoisotopic (exact) mass is 323 g/mol. The summed E-state index contributed by atoms with van der Waals surface area (Å²) in [4.78, 5) is 14.9. The van der Waals surface area contributed by atoms with E-state index in [1.807, 2.05) is 18.2 Å². The Morgan fingerprint density at radius 3 is 2.53 bits per heavy atom. The normalized spacial score (nSPS) is 16.7. The van der Waals surface area contributed by atoms with Crippen LogP contribution >= 0.6 is 15.9 Å². The van der Waals surface area contributed by atoms with Crippen LogP contribution in [-0.2, 0) is 4.79 Å². The van der Waals surface area contributed by atoms with Crippen LogP contribution in [0.15, 0.2) is 30.3 Å². The third-order valence-electron chi connectivity index (χ3n) is 4.03. The van der Waals surface area contributed by atoms with Gasteiger partial charge in [0.1, 0.15) is 0 Å². The first-order valence-electron chi connectivity index (χ1n) is 7.19. The van der Waals surface area contributed by atoms with E-state index in [0.717, 1.165) is 23.9 Å². The van der Waals surface area contributed by atoms with Crippen LogP contribution in [0.3, 0.4) is 0 Å². The quantitative estimate of drug-likeness (QED) is 0.726. The van der Waals surface area contributed by atoms with Gasteiger partial charge in [0, 0.05) is 17.9 Å². The molecule has 2 nitrogen and oxygen atoms in total. The van der Waals surface area contributed by atoms with E-state index in [4.69, 9.17) is 0 Å². The van der Waals surface area contributed by atoms with E-state index in [0.29, 0.717) is 11.9 Å². The van der Waals surface area contributed by atoms with Crippen molar-refractivity contribution in [1.29, 1.82) is 0 Å². The van der Waals surface area contributed by atoms with Crippen LogP contribution in [0.4, 0.5) is 0 Å². The summed E-state index contributed by atoms with van der Waals surface area (Å²) in [5.74, 6) is 0.318. The molecule has 0 spiro atoms. The van der Waals surface area contributed by atoms with Gasteiger partial charge in [0.25, 0.3) is 0 Å². The Morgan fingerprint density at radius 1 is 1.37 bits per heavy atom. The van der Waals surface area contributed by atoms with Crippen molar-refractivity contribution in [3.05, 3.63) is 35.9 Å². The molecule has 0 radical (unpaired) electrons. The summed E-state index contributed by atoms with van der Waals surface area (Å²) in [6.07, 6.45) is 4.47. The minimum Gasteiger partial charge on any atom is -0.338 e. The van der Waals surface area contributed by atoms with Crippen LogP contribution in [-0.4, -0.2) is 28.7 Å². The lowest BCUT2D eigenvalue weighted by atomic mass is 9.88. The average molecular weight is 324 g/mol. The number of carbonyl (C=O) groups is 1. The summed E-state index contributed by atoms with van der Waals surface area (Å²) in [6, 6.07) is 10.6. The summed E-state index contributed by atoms with van der Waals surface area (Å²) in [5.41, 5.74) is 1.15. The van der Waals surface area contributed by atoms with Gasteiger partial charge in [-0.2, -0.15) is 0 Å². The molecule has 1 unspecified atom stereocenters. The van der Waals surface area contributed by atoms with Crippen LogP contribution < -0.4 is 0 Å². The van der Waals surface area contributed by atoms with E-state index in [-0.39, 0.29) is 5.92 Å². The maximum absolute atomic E-state index is 12.8. The Bertz CT molecular complexity index is 402. The first-order valence-corrected chi connectivity index (χ1v) is 8.31. The van der Waals surface area contributed by atoms with Crippen molar-refractivity contribution in [2.45, 2.75) is 44.6 Å². The van der Waals surface area contributed by atoms with Gasteiger partial charge >= 0.3 is 0 Å². The smallest absolute Gasteiger partial charge is 0.230 e. The van der Waals surface area contributed by atoms with Crippen LogP contribution in [0.25, 0.3) is 0 Å². The lowest BCUT2D eigenvalue weighted by Crippen LogP contribution is -2.47. The molecule has 1 aliphatic carbocycles. The predicted molar refractivity (Wildman–Crippen MR) is 82.6 cm³/mol. The van der Waals surface area contributed by atoms with Crippen LogP contribution in [0.2, 0.25) is 0 Å². The molecule has 1 fully saturated rings. The van der Waals surface area contributed by atoms with Crippen molar-refractivity contribution in [3.8, 4) is 0 Å². The highest BCUT2D eigenvalue weighted by Gasteiger charge is 2.32. The van der Waals surface area contributed by atoms with Crippen LogP contribution in [0.1, 0.15) is 44.1 Å². The Balaban J connectivity index is 2.14. The van der Waals surface area contributed by atoms with Gasteiger partial charge in [-0.05, 0) is 31.2 Å². The molecule has 1 saturated carbocycles. The van der Waals surface area contributed by atoms with Crippen molar-refractivity contribution < 1.29 is 4.79 Å². The number of hydrogen-bond acceptors (Lipinski definition) is 1. The van der Waals surface area contributed by atoms with Crippen molar-refractivity contribution in [2.24, 2.45) is 0 Å². The molecule has 1 aliphatic rings. The van der Waals surface area contributed by atoms with E-state index in [2.05, 4.69) is 39.9 Å². The number of hydrogen-bond donors (Lipinski definition) is 0. The number of rotatable bonds is 6. The molecule has 0 aliphatic heterocycles. The lowest BCUT2D eigenvalue weighted by molar-refractivity contribution is -0.136. The number of benzene rings is 1. The van der Waals surface area contributed by atoms with Gasteiger partial charge < -0.3 is 4.90 Å². The third-order valence-corrected chi connectivity index (χ3v) is 4.39. The predicted octanol–water partition coefficient (Wildman–Crippen LogP) is 3.96. The van der Waals surface area contributed by atoms with Gasteiger partial charge in [-0.15, -0.1) is 0 Å². The summed E-state index contributed by atoms with van der Waals surface area (Å²) >= 11 is 3.47. The van der Waals surface area contributed by atoms with Crippen molar-refractivity contribution in [3.63, 3.8) is 0 Å². The summed E-state index contributed by atoms with van der Waals surface area (Å²) < 4.78 is 0. The number of nitrogens with zero attached hydrogens (tertiary/aromatic N) is 1. The van der Waals surface area contributed by atoms with Gasteiger partial charge in [0.15, 0.2) is 0 Å². The second kappa shape index (κ2) is 7.09. The molecular weight excluding hydrogens is 302 g/mol. The molecule has 1 amide bonds. The fraction of sp³-hybridized carbons (Fsp3) is 0.562. The molecule has 0 bridgehead atoms. The maximum Gasteiger partial charge on any atom is 0.230 e. The van der Waals surface area contributed by atoms with Crippen LogP contribution in [0, 0.1) is 0 Å². The van der Waals surface area contributed by atoms with E-state index < -0.39 is 0 Å². The minimum absolute atomic E-state index is 0.0147. The Kier molecular flexibility index (Phi) is 5.44. The molecular formula is C16H22BrNO. The van der Waals surface area contributed by atoms with E-state index in [1.54, 1.807) is 0 Å². The molecule has 1 aromatic rings. The zero-order valence-corrected chi connectivity index (χ0v) is 13.1. The number of alkyl halides is 1. The van der Waals surface area contributed by atoms with Crippen molar-refractivity contribution in [2.75, 3.05) is 11.9 Å². The highest BCUT2D eigenvalue weighted by molar-refractivity contribution is 9.09. The molecule has 0 N–H and O–H groups in total. The number of carbonyl (C=O) groups excluding carboxylic acids is 1. The topological polar surface area (TPSA) is 20.3 Å². The summed E-state index contributed by atoms with van der Waals surface area (Å²) in [6.45, 7) is 2.93. The average Bonchev–Trinajstić information content (AvgIpc) is 2.38. The van der Waals surface area contributed by atoms with Gasteiger partial charge in [-0.3, -0.25) is 4.79 Å². The molecule has 0 aromatic heterocycles. The molecule has 19 heavy (non-hydrogen) atoms. The largest absolute Gasteiger partial charge is 0.338 e. The van der Waals surface area contributed by atoms with Crippen molar-refractivity contribution >= 4 is 21.8 Å². The SMILES string of the molecule is CCC(C(=O)N(CCBr)C1CCC1)c1ccccc1. The molecule has 0 heterocycles. The Hall–Kier alpha value is -0.830. The maximum atomic E-state index is 12.8. The third kappa shape index (κ3) is 3.38. The lowest BCUT2D eigenvalue weighted by Gasteiger charge is -2.39. The molecule has 104 valence electrons. The molecule has 1 aromatic carbocycles. The summed E-state index contributed by atoms with van der Waals surface area (Å²) in [7, 11) is 0. The van der Waals surface area contributed by atoms with Gasteiger partial charge in [0.2, 0.25) is 5.91 Å². The van der Waals surface area contributed by atoms with Crippen molar-refractivity contribution in [1.82, 2.24) is 4.90 Å². The first kappa shape index (κ1) is 14.6. The fourth-order valence-electron chi connectivity index (χ4n) is 2.70. The minimum atomic E-state index is 0.0147. The standard InChI is InChI=1S/C16H22BrNO/c1-2-15(13-7-4-3-5-8-13)16(19)18(12-11-17)14-9-6-10-14/h3-5,7-8,14-15H,2,6,9-12H2,1H3. The molecule has 2 rings (SSSR count). The highest BCUT2D eigenvalue weighted by atomic mass is 79.9. The Morgan fingerprint density at radius 2 is 2.05 bits per heavy atom. The van der Waals surface area contributed by atoms with Gasteiger partial charge in [-0.25, -0.2) is 0 Å². The second-order valence-electron chi connectivity index (χ2n) is 5.18. The molecule has 3 heteroatoms. The Labute approximate surface area is 124 Å². The number of amides is 1. The second-order valence-corrected chi connectivity index (χ2v) is 5.97. The zero-order chi connectivity index (χ0) is 13.7. The zero-order valence-electron chi connectivity index (χ0n) is 11.5. The first-order chi connectivity index (χ1) is 9.27. The van der Waals surface area contributed by atoms with E-state index in [1.165, 1.54) is 19.3 Å². The molecule has 1 atom stereocenters. The number of halogens is 1. The van der Waals surface area contributed by atoms with E-state index in [9.17, 15) is 4.79 Å². The van der Waals surface area contributed by atoms with Gasteiger partial charge in [-0.1, -0.05) is 53.2 Å². The van der Waals surface area contributed by atoms with Gasteiger partial charge in [0.05, 0.1) is 5.92 Å². The highest BCUT2D eigenvalue weighted by Crippen LogP contribution is 2.29. The molecule has 0 saturated heterocycles. The van der Waals surface area contributed by atoms with Crippen LogP contribution in [0.5, 0.6) is 0 Å². The fourth-order valence-corrected chi connectivity index (χ4v) is 3.08. The summed E-state index contributed by atoms with van der Waals surface area (Å²) in [5, 5.41) is 0.862.